The molecule has 2 amide bonds. The molecule has 0 spiro atoms. The van der Waals surface area contributed by atoms with E-state index in [0.29, 0.717) is 50.8 Å². The Bertz CT molecular complexity index is 1640. The van der Waals surface area contributed by atoms with Crippen molar-refractivity contribution in [1.82, 2.24) is 15.5 Å². The first kappa shape index (κ1) is 22.4. The van der Waals surface area contributed by atoms with Crippen LogP contribution < -0.4 is 20.1 Å². The maximum absolute atomic E-state index is 13.5. The molecule has 0 saturated heterocycles. The van der Waals surface area contributed by atoms with Gasteiger partial charge in [-0.25, -0.2) is 4.98 Å². The van der Waals surface area contributed by atoms with Crippen molar-refractivity contribution in [3.63, 3.8) is 0 Å². The lowest BCUT2D eigenvalue weighted by Crippen LogP contribution is -2.25. The number of nitrogens with zero attached hydrogens (tertiary/aromatic N) is 2. The topological polar surface area (TPSA) is 129 Å². The molecule has 1 aliphatic rings. The van der Waals surface area contributed by atoms with Gasteiger partial charge in [0.05, 0.1) is 34.2 Å². The van der Waals surface area contributed by atoms with Crippen LogP contribution >= 0.6 is 0 Å². The number of carbonyl (C=O) groups is 2. The Balaban J connectivity index is 1.25. The van der Waals surface area contributed by atoms with Crippen molar-refractivity contribution >= 4 is 28.6 Å². The molecule has 0 fully saturated rings. The van der Waals surface area contributed by atoms with Crippen LogP contribution in [-0.4, -0.2) is 28.7 Å². The Morgan fingerprint density at radius 2 is 1.81 bits per heavy atom. The number of anilines is 1. The van der Waals surface area contributed by atoms with Crippen LogP contribution in [0.4, 0.5) is 5.69 Å². The van der Waals surface area contributed by atoms with E-state index in [1.54, 1.807) is 55.5 Å². The summed E-state index contributed by atoms with van der Waals surface area (Å²) in [5.41, 5.74) is 2.98. The summed E-state index contributed by atoms with van der Waals surface area (Å²) in [6.07, 6.45) is 1.52. The molecule has 0 saturated carbocycles. The van der Waals surface area contributed by atoms with Crippen LogP contribution in [0.15, 0.2) is 75.9 Å². The molecule has 1 aliphatic heterocycles. The number of amides is 2. The first-order valence-electron chi connectivity index (χ1n) is 11.4. The van der Waals surface area contributed by atoms with Gasteiger partial charge in [-0.15, -0.1) is 0 Å². The first-order chi connectivity index (χ1) is 18.1. The number of benzene rings is 2. The van der Waals surface area contributed by atoms with Gasteiger partial charge in [-0.1, -0.05) is 23.4 Å². The first-order valence-corrected chi connectivity index (χ1v) is 11.4. The monoisotopic (exact) mass is 496 g/mol. The van der Waals surface area contributed by atoms with E-state index in [1.165, 1.54) is 6.26 Å². The third kappa shape index (κ3) is 4.25. The number of aromatic nitrogens is 2. The van der Waals surface area contributed by atoms with Crippen molar-refractivity contribution in [2.24, 2.45) is 0 Å². The highest BCUT2D eigenvalue weighted by Crippen LogP contribution is 2.32. The van der Waals surface area contributed by atoms with Crippen LogP contribution in [0.5, 0.6) is 11.5 Å². The van der Waals surface area contributed by atoms with Gasteiger partial charge < -0.3 is 29.0 Å². The number of hydrogen-bond acceptors (Lipinski definition) is 8. The molecular weight excluding hydrogens is 476 g/mol. The fraction of sp³-hybridized carbons (Fsp3) is 0.111. The Hall–Kier alpha value is -5.12. The van der Waals surface area contributed by atoms with Crippen molar-refractivity contribution in [1.29, 1.82) is 0 Å². The van der Waals surface area contributed by atoms with Crippen LogP contribution in [0.1, 0.15) is 32.0 Å². The fourth-order valence-corrected chi connectivity index (χ4v) is 4.13. The van der Waals surface area contributed by atoms with Gasteiger partial charge in [-0.2, -0.15) is 0 Å². The Morgan fingerprint density at radius 3 is 2.68 bits per heavy atom. The fourth-order valence-electron chi connectivity index (χ4n) is 4.13. The molecule has 10 nitrogen and oxygen atoms in total. The molecule has 10 heteroatoms. The van der Waals surface area contributed by atoms with E-state index >= 15 is 0 Å². The molecular formula is C27H20N4O6. The second-order valence-electron chi connectivity index (χ2n) is 8.35. The predicted molar refractivity (Wildman–Crippen MR) is 132 cm³/mol. The van der Waals surface area contributed by atoms with E-state index in [-0.39, 0.29) is 25.0 Å². The number of ether oxygens (including phenoxy) is 2. The summed E-state index contributed by atoms with van der Waals surface area (Å²) in [6, 6.07) is 17.3. The summed E-state index contributed by atoms with van der Waals surface area (Å²) >= 11 is 0. The summed E-state index contributed by atoms with van der Waals surface area (Å²) in [7, 11) is 0. The second kappa shape index (κ2) is 9.15. The van der Waals surface area contributed by atoms with E-state index in [2.05, 4.69) is 20.8 Å². The summed E-state index contributed by atoms with van der Waals surface area (Å²) in [6.45, 7) is 2.18. The molecule has 4 heterocycles. The van der Waals surface area contributed by atoms with Crippen LogP contribution in [0.3, 0.4) is 0 Å². The number of furan rings is 1. The molecule has 184 valence electrons. The molecule has 3 aromatic heterocycles. The highest BCUT2D eigenvalue weighted by atomic mass is 16.7. The lowest BCUT2D eigenvalue weighted by molar-refractivity contribution is 0.0951. The van der Waals surface area contributed by atoms with Crippen molar-refractivity contribution in [3.8, 4) is 23.0 Å². The number of fused-ring (bicyclic) bond motifs is 2. The Kier molecular flexibility index (Phi) is 5.53. The molecule has 37 heavy (non-hydrogen) atoms. The van der Waals surface area contributed by atoms with Crippen molar-refractivity contribution in [2.75, 3.05) is 12.1 Å². The zero-order valence-corrected chi connectivity index (χ0v) is 19.6. The number of aryl methyl sites for hydroxylation is 1. The largest absolute Gasteiger partial charge is 0.463 e. The molecule has 0 bridgehead atoms. The lowest BCUT2D eigenvalue weighted by Gasteiger charge is -2.12. The minimum absolute atomic E-state index is 0.180. The minimum atomic E-state index is -0.442. The number of nitrogens with one attached hydrogen (secondary N) is 2. The predicted octanol–water partition coefficient (Wildman–Crippen LogP) is 4.70. The minimum Gasteiger partial charge on any atom is -0.463 e. The molecule has 0 radical (unpaired) electrons. The van der Waals surface area contributed by atoms with Gasteiger partial charge in [-0.05, 0) is 55.0 Å². The van der Waals surface area contributed by atoms with Crippen molar-refractivity contribution < 1.29 is 28.0 Å². The highest BCUT2D eigenvalue weighted by Gasteiger charge is 2.22. The lowest BCUT2D eigenvalue weighted by atomic mass is 10.1. The zero-order chi connectivity index (χ0) is 25.4. The molecule has 0 aliphatic carbocycles. The van der Waals surface area contributed by atoms with Gasteiger partial charge >= 0.3 is 0 Å². The molecule has 0 atom stereocenters. The van der Waals surface area contributed by atoms with Crippen LogP contribution in [-0.2, 0) is 6.54 Å². The average molecular weight is 496 g/mol. The molecule has 5 aromatic rings. The van der Waals surface area contributed by atoms with Crippen molar-refractivity contribution in [3.05, 3.63) is 89.3 Å². The summed E-state index contributed by atoms with van der Waals surface area (Å²) in [5.74, 6) is 1.01. The Labute approximate surface area is 210 Å². The highest BCUT2D eigenvalue weighted by molar-refractivity contribution is 6.14. The maximum atomic E-state index is 13.5. The van der Waals surface area contributed by atoms with Gasteiger partial charge in [0.15, 0.2) is 17.3 Å². The van der Waals surface area contributed by atoms with E-state index in [9.17, 15) is 9.59 Å². The zero-order valence-electron chi connectivity index (χ0n) is 19.6. The number of rotatable bonds is 6. The number of hydrogen-bond donors (Lipinski definition) is 2. The van der Waals surface area contributed by atoms with E-state index in [1.807, 2.05) is 12.1 Å². The quantitative estimate of drug-likeness (QED) is 0.346. The van der Waals surface area contributed by atoms with Gasteiger partial charge in [0, 0.05) is 6.54 Å². The normalized spacial score (nSPS) is 12.0. The van der Waals surface area contributed by atoms with E-state index in [0.717, 1.165) is 5.56 Å². The van der Waals surface area contributed by atoms with Crippen LogP contribution in [0.25, 0.3) is 22.6 Å². The number of carbonyl (C=O) groups excluding carboxylic acids is 2. The van der Waals surface area contributed by atoms with Gasteiger partial charge in [-0.3, -0.25) is 9.59 Å². The third-order valence-electron chi connectivity index (χ3n) is 5.95. The van der Waals surface area contributed by atoms with Crippen LogP contribution in [0, 0.1) is 6.92 Å². The summed E-state index contributed by atoms with van der Waals surface area (Å²) in [4.78, 5) is 31.0. The molecule has 6 rings (SSSR count). The van der Waals surface area contributed by atoms with Gasteiger partial charge in [0.1, 0.15) is 5.69 Å². The summed E-state index contributed by atoms with van der Waals surface area (Å²) in [5, 5.41) is 10.2. The van der Waals surface area contributed by atoms with E-state index in [4.69, 9.17) is 18.4 Å². The maximum Gasteiger partial charge on any atom is 0.259 e. The summed E-state index contributed by atoms with van der Waals surface area (Å²) < 4.78 is 21.5. The van der Waals surface area contributed by atoms with E-state index < -0.39 is 5.91 Å². The average Bonchev–Trinajstić information content (AvgIpc) is 3.68. The molecule has 2 aromatic carbocycles. The second-order valence-corrected chi connectivity index (χ2v) is 8.35. The molecule has 0 unspecified atom stereocenters. The third-order valence-corrected chi connectivity index (χ3v) is 5.95. The van der Waals surface area contributed by atoms with Crippen LogP contribution in [0.2, 0.25) is 0 Å². The standard InChI is InChI=1S/C27H20N4O6/c1-15-24-18(12-20(21-7-4-10-34-21)30-27(24)37-31-15)26(33)29-19-6-3-2-5-17(19)25(32)28-13-16-8-9-22-23(11-16)36-14-35-22/h2-12H,13-14H2,1H3,(H,28,32)(H,29,33). The number of pyridine rings is 1. The Morgan fingerprint density at radius 1 is 0.946 bits per heavy atom. The number of para-hydroxylation sites is 1. The SMILES string of the molecule is Cc1noc2nc(-c3ccco3)cc(C(=O)Nc3ccccc3C(=O)NCc3ccc4c(c3)OCO4)c12. The smallest absolute Gasteiger partial charge is 0.259 e. The van der Waals surface area contributed by atoms with Gasteiger partial charge in [0.25, 0.3) is 17.5 Å². The molecule has 2 N–H and O–H groups in total. The van der Waals surface area contributed by atoms with Crippen molar-refractivity contribution in [2.45, 2.75) is 13.5 Å². The van der Waals surface area contributed by atoms with Gasteiger partial charge in [0.2, 0.25) is 6.79 Å².